The van der Waals surface area contributed by atoms with Crippen molar-refractivity contribution in [3.05, 3.63) is 0 Å². The van der Waals surface area contributed by atoms with E-state index in [0.29, 0.717) is 0 Å². The predicted molar refractivity (Wildman–Crippen MR) is 62.0 cm³/mol. The summed E-state index contributed by atoms with van der Waals surface area (Å²) < 4.78 is 0. The van der Waals surface area contributed by atoms with Gasteiger partial charge in [0.1, 0.15) is 0 Å². The summed E-state index contributed by atoms with van der Waals surface area (Å²) in [6.07, 6.45) is 11.8. The van der Waals surface area contributed by atoms with Crippen molar-refractivity contribution in [2.45, 2.75) is 72.6 Å². The molecule has 0 aromatic rings. The maximum Gasteiger partial charge on any atom is -0.0386 e. The Morgan fingerprint density at radius 3 is 2.15 bits per heavy atom. The van der Waals surface area contributed by atoms with Gasteiger partial charge in [-0.2, -0.15) is 0 Å². The highest BCUT2D eigenvalue weighted by Crippen LogP contribution is 2.33. The van der Waals surface area contributed by atoms with Gasteiger partial charge in [0.2, 0.25) is 0 Å². The highest BCUT2D eigenvalue weighted by molar-refractivity contribution is 4.72. The zero-order chi connectivity index (χ0) is 8.81. The van der Waals surface area contributed by atoms with Crippen LogP contribution in [0.25, 0.3) is 0 Å². The Labute approximate surface area is 85.1 Å². The predicted octanol–water partition coefficient (Wildman–Crippen LogP) is 5.03. The molecule has 1 unspecified atom stereocenters. The zero-order valence-corrected chi connectivity index (χ0v) is 8.81. The molecule has 1 rings (SSSR count). The molecule has 80 valence electrons. The molecule has 0 radical (unpaired) electrons. The molecule has 0 aliphatic heterocycles. The summed E-state index contributed by atoms with van der Waals surface area (Å²) in [5.74, 6) is 2.14. The lowest BCUT2D eigenvalue weighted by Crippen LogP contribution is -2.17. The second kappa shape index (κ2) is 7.41. The van der Waals surface area contributed by atoms with Crippen molar-refractivity contribution in [2.75, 3.05) is 0 Å². The quantitative estimate of drug-likeness (QED) is 0.575. The molecular formula is C13H28. The third kappa shape index (κ3) is 4.15. The van der Waals surface area contributed by atoms with E-state index in [1.165, 1.54) is 51.4 Å². The van der Waals surface area contributed by atoms with Gasteiger partial charge in [-0.3, -0.25) is 0 Å². The van der Waals surface area contributed by atoms with Gasteiger partial charge in [0.25, 0.3) is 0 Å². The molecule has 1 aliphatic carbocycles. The van der Waals surface area contributed by atoms with E-state index in [1.807, 2.05) is 0 Å². The van der Waals surface area contributed by atoms with Crippen LogP contribution in [-0.4, -0.2) is 0 Å². The summed E-state index contributed by atoms with van der Waals surface area (Å²) in [6.45, 7) is 4.69. The van der Waals surface area contributed by atoms with Crippen LogP contribution < -0.4 is 0 Å². The third-order valence-electron chi connectivity index (χ3n) is 3.50. The van der Waals surface area contributed by atoms with E-state index >= 15 is 0 Å². The molecule has 1 saturated carbocycles. The Kier molecular flexibility index (Phi) is 7.41. The lowest BCUT2D eigenvalue weighted by atomic mass is 9.77. The summed E-state index contributed by atoms with van der Waals surface area (Å²) in [6, 6.07) is 0. The lowest BCUT2D eigenvalue weighted by Gasteiger charge is -2.29. The maximum atomic E-state index is 2.37. The number of hydrogen-bond donors (Lipinski definition) is 0. The Morgan fingerprint density at radius 2 is 1.69 bits per heavy atom. The molecule has 0 heterocycles. The molecule has 0 amide bonds. The van der Waals surface area contributed by atoms with Gasteiger partial charge < -0.3 is 0 Å². The maximum absolute atomic E-state index is 2.37. The first-order valence-electron chi connectivity index (χ1n) is 5.88. The third-order valence-corrected chi connectivity index (χ3v) is 3.50. The molecule has 0 aromatic heterocycles. The van der Waals surface area contributed by atoms with Crippen molar-refractivity contribution in [3.63, 3.8) is 0 Å². The summed E-state index contributed by atoms with van der Waals surface area (Å²) >= 11 is 0. The van der Waals surface area contributed by atoms with Crippen LogP contribution >= 0.6 is 0 Å². The van der Waals surface area contributed by atoms with E-state index in [-0.39, 0.29) is 7.43 Å². The molecule has 1 aliphatic rings. The summed E-state index contributed by atoms with van der Waals surface area (Å²) in [7, 11) is 0. The van der Waals surface area contributed by atoms with Crippen LogP contribution in [0.15, 0.2) is 0 Å². The molecule has 0 bridgehead atoms. The Balaban J connectivity index is 0.00000144. The second-order valence-electron chi connectivity index (χ2n) is 4.36. The normalized spacial score (nSPS) is 20.8. The van der Waals surface area contributed by atoms with Gasteiger partial charge in [0, 0.05) is 0 Å². The summed E-state index contributed by atoms with van der Waals surface area (Å²) in [5, 5.41) is 0. The van der Waals surface area contributed by atoms with E-state index in [4.69, 9.17) is 0 Å². The van der Waals surface area contributed by atoms with E-state index in [1.54, 1.807) is 0 Å². The minimum atomic E-state index is 0. The number of rotatable bonds is 4. The molecule has 1 atom stereocenters. The van der Waals surface area contributed by atoms with Crippen molar-refractivity contribution in [1.29, 1.82) is 0 Å². The summed E-state index contributed by atoms with van der Waals surface area (Å²) in [4.78, 5) is 0. The van der Waals surface area contributed by atoms with Crippen LogP contribution in [-0.2, 0) is 0 Å². The first kappa shape index (κ1) is 13.0. The molecule has 0 nitrogen and oxygen atoms in total. The van der Waals surface area contributed by atoms with Crippen LogP contribution in [0, 0.1) is 11.8 Å². The largest absolute Gasteiger partial charge is 0.0776 e. The van der Waals surface area contributed by atoms with E-state index in [2.05, 4.69) is 13.8 Å². The standard InChI is InChI=1S/C12H24.CH4/c1-3-8-11(4-2)12-9-6-5-7-10-12;/h11-12H,3-10H2,1-2H3;1H4. The van der Waals surface area contributed by atoms with Crippen molar-refractivity contribution >= 4 is 0 Å². The smallest absolute Gasteiger partial charge is 0.0386 e. The lowest BCUT2D eigenvalue weighted by molar-refractivity contribution is 0.229. The molecule has 0 heteroatoms. The Bertz CT molecular complexity index is 97.9. The molecule has 0 aromatic carbocycles. The minimum absolute atomic E-state index is 0. The topological polar surface area (TPSA) is 0 Å². The molecule has 0 saturated heterocycles. The van der Waals surface area contributed by atoms with Crippen LogP contribution in [0.4, 0.5) is 0 Å². The number of hydrogen-bond acceptors (Lipinski definition) is 0. The Morgan fingerprint density at radius 1 is 1.08 bits per heavy atom. The van der Waals surface area contributed by atoms with Gasteiger partial charge in [-0.05, 0) is 11.8 Å². The fourth-order valence-corrected chi connectivity index (χ4v) is 2.75. The monoisotopic (exact) mass is 184 g/mol. The van der Waals surface area contributed by atoms with Gasteiger partial charge in [0.05, 0.1) is 0 Å². The van der Waals surface area contributed by atoms with Crippen LogP contribution in [0.5, 0.6) is 0 Å². The summed E-state index contributed by atoms with van der Waals surface area (Å²) in [5.41, 5.74) is 0. The van der Waals surface area contributed by atoms with Gasteiger partial charge in [-0.15, -0.1) is 0 Å². The van der Waals surface area contributed by atoms with Gasteiger partial charge in [0.15, 0.2) is 0 Å². The molecule has 0 N–H and O–H groups in total. The Hall–Kier alpha value is 0. The zero-order valence-electron chi connectivity index (χ0n) is 8.81. The molecule has 0 spiro atoms. The minimum Gasteiger partial charge on any atom is -0.0776 e. The van der Waals surface area contributed by atoms with Crippen LogP contribution in [0.3, 0.4) is 0 Å². The molecule has 1 fully saturated rings. The highest BCUT2D eigenvalue weighted by Gasteiger charge is 2.20. The fraction of sp³-hybridized carbons (Fsp3) is 1.00. The highest BCUT2D eigenvalue weighted by atomic mass is 14.3. The molecular weight excluding hydrogens is 156 g/mol. The van der Waals surface area contributed by atoms with Crippen LogP contribution in [0.2, 0.25) is 0 Å². The first-order chi connectivity index (χ1) is 5.88. The average molecular weight is 184 g/mol. The average Bonchev–Trinajstić information content (AvgIpc) is 2.15. The van der Waals surface area contributed by atoms with Crippen LogP contribution in [0.1, 0.15) is 72.6 Å². The van der Waals surface area contributed by atoms with Crippen molar-refractivity contribution in [1.82, 2.24) is 0 Å². The van der Waals surface area contributed by atoms with Gasteiger partial charge >= 0.3 is 0 Å². The molecule has 13 heavy (non-hydrogen) atoms. The van der Waals surface area contributed by atoms with E-state index in [0.717, 1.165) is 11.8 Å². The van der Waals surface area contributed by atoms with E-state index < -0.39 is 0 Å². The van der Waals surface area contributed by atoms with Crippen molar-refractivity contribution in [2.24, 2.45) is 11.8 Å². The second-order valence-corrected chi connectivity index (χ2v) is 4.36. The van der Waals surface area contributed by atoms with E-state index in [9.17, 15) is 0 Å². The fourth-order valence-electron chi connectivity index (χ4n) is 2.75. The van der Waals surface area contributed by atoms with Gasteiger partial charge in [-0.1, -0.05) is 72.6 Å². The SMILES string of the molecule is C.CCCC(CC)C1CCCCC1. The van der Waals surface area contributed by atoms with Crippen molar-refractivity contribution < 1.29 is 0 Å². The van der Waals surface area contributed by atoms with Crippen molar-refractivity contribution in [3.8, 4) is 0 Å². The van der Waals surface area contributed by atoms with Gasteiger partial charge in [-0.25, -0.2) is 0 Å². The first-order valence-corrected chi connectivity index (χ1v) is 5.88.